The van der Waals surface area contributed by atoms with E-state index in [0.717, 1.165) is 16.9 Å². The smallest absolute Gasteiger partial charge is 0.322 e. The number of piperazine rings is 1. The Labute approximate surface area is 203 Å². The van der Waals surface area contributed by atoms with Crippen molar-refractivity contribution >= 4 is 22.9 Å². The lowest BCUT2D eigenvalue weighted by Crippen LogP contribution is -2.49. The number of nitrogens with zero attached hydrogens (tertiary/aromatic N) is 5. The summed E-state index contributed by atoms with van der Waals surface area (Å²) in [5, 5.41) is 2.97. The van der Waals surface area contributed by atoms with Gasteiger partial charge in [0.1, 0.15) is 22.9 Å². The number of pyridine rings is 1. The van der Waals surface area contributed by atoms with E-state index in [1.807, 2.05) is 47.9 Å². The van der Waals surface area contributed by atoms with Crippen molar-refractivity contribution in [2.45, 2.75) is 13.5 Å². The van der Waals surface area contributed by atoms with E-state index in [4.69, 9.17) is 9.72 Å². The number of imidazole rings is 1. The van der Waals surface area contributed by atoms with Crippen LogP contribution in [0, 0.1) is 12.7 Å². The molecule has 0 bridgehead atoms. The van der Waals surface area contributed by atoms with Gasteiger partial charge in [0.2, 0.25) is 0 Å². The van der Waals surface area contributed by atoms with Crippen LogP contribution in [0.15, 0.2) is 60.8 Å². The summed E-state index contributed by atoms with van der Waals surface area (Å²) >= 11 is 0. The van der Waals surface area contributed by atoms with Crippen molar-refractivity contribution in [1.29, 1.82) is 0 Å². The molecule has 0 spiro atoms. The van der Waals surface area contributed by atoms with E-state index in [2.05, 4.69) is 15.2 Å². The van der Waals surface area contributed by atoms with Crippen LogP contribution >= 0.6 is 0 Å². The van der Waals surface area contributed by atoms with Gasteiger partial charge in [-0.05, 0) is 55.0 Å². The minimum atomic E-state index is -0.309. The quantitative estimate of drug-likeness (QED) is 0.469. The van der Waals surface area contributed by atoms with Crippen molar-refractivity contribution in [2.24, 2.45) is 0 Å². The monoisotopic (exact) mass is 474 g/mol. The van der Waals surface area contributed by atoms with Crippen LogP contribution in [-0.2, 0) is 6.54 Å². The Morgan fingerprint density at radius 1 is 1.09 bits per heavy atom. The van der Waals surface area contributed by atoms with Gasteiger partial charge in [0, 0.05) is 32.4 Å². The Kier molecular flexibility index (Phi) is 6.33. The topological polar surface area (TPSA) is 75.5 Å². The van der Waals surface area contributed by atoms with Crippen LogP contribution in [-0.4, -0.2) is 63.7 Å². The summed E-state index contributed by atoms with van der Waals surface area (Å²) in [5.74, 6) is 1.11. The van der Waals surface area contributed by atoms with Crippen LogP contribution in [0.25, 0.3) is 16.9 Å². The number of rotatable bonds is 5. The summed E-state index contributed by atoms with van der Waals surface area (Å²) in [5.41, 5.74) is 3.85. The summed E-state index contributed by atoms with van der Waals surface area (Å²) in [6.07, 6.45) is 1.71. The van der Waals surface area contributed by atoms with Crippen molar-refractivity contribution in [2.75, 3.05) is 38.6 Å². The zero-order valence-corrected chi connectivity index (χ0v) is 19.7. The van der Waals surface area contributed by atoms with Crippen LogP contribution < -0.4 is 10.1 Å². The van der Waals surface area contributed by atoms with Crippen LogP contribution in [0.4, 0.5) is 14.9 Å². The van der Waals surface area contributed by atoms with Gasteiger partial charge in [-0.2, -0.15) is 0 Å². The first-order valence-corrected chi connectivity index (χ1v) is 11.5. The number of urea groups is 1. The molecule has 35 heavy (non-hydrogen) atoms. The van der Waals surface area contributed by atoms with E-state index >= 15 is 0 Å². The zero-order valence-electron chi connectivity index (χ0n) is 19.7. The maximum Gasteiger partial charge on any atom is 0.322 e. The van der Waals surface area contributed by atoms with E-state index in [0.29, 0.717) is 55.5 Å². The summed E-state index contributed by atoms with van der Waals surface area (Å²) in [4.78, 5) is 26.2. The molecular weight excluding hydrogens is 447 g/mol. The molecule has 2 aromatic carbocycles. The van der Waals surface area contributed by atoms with Crippen LogP contribution in [0.1, 0.15) is 11.4 Å². The molecule has 8 nitrogen and oxygen atoms in total. The second-order valence-electron chi connectivity index (χ2n) is 8.59. The standard InChI is InChI=1S/C26H27FN6O2/c1-18-8-9-23(35-2)22(15-18)30-26(34)32-13-11-31(12-14-32)17-24-29-21-7-4-10-28-25(21)33(24)20-6-3-5-19(27)16-20/h3-10,15-16H,11-14,17H2,1-2H3,(H,30,34). The molecule has 2 aromatic heterocycles. The highest BCUT2D eigenvalue weighted by atomic mass is 19.1. The molecule has 9 heteroatoms. The number of hydrogen-bond acceptors (Lipinski definition) is 5. The fourth-order valence-corrected chi connectivity index (χ4v) is 4.37. The van der Waals surface area contributed by atoms with E-state index in [9.17, 15) is 9.18 Å². The Bertz CT molecular complexity index is 1360. The number of ether oxygens (including phenoxy) is 1. The third kappa shape index (κ3) is 4.81. The number of halogens is 1. The number of fused-ring (bicyclic) bond motifs is 1. The lowest BCUT2D eigenvalue weighted by molar-refractivity contribution is 0.140. The molecule has 0 atom stereocenters. The Hall–Kier alpha value is -3.98. The van der Waals surface area contributed by atoms with Crippen LogP contribution in [0.3, 0.4) is 0 Å². The van der Waals surface area contributed by atoms with Gasteiger partial charge in [0.15, 0.2) is 5.65 Å². The molecule has 1 aliphatic heterocycles. The Morgan fingerprint density at radius 2 is 1.91 bits per heavy atom. The van der Waals surface area contributed by atoms with Gasteiger partial charge in [0.05, 0.1) is 25.0 Å². The lowest BCUT2D eigenvalue weighted by Gasteiger charge is -2.34. The first-order valence-electron chi connectivity index (χ1n) is 11.5. The van der Waals surface area contributed by atoms with Gasteiger partial charge in [-0.25, -0.2) is 19.2 Å². The fourth-order valence-electron chi connectivity index (χ4n) is 4.37. The second kappa shape index (κ2) is 9.71. The number of carbonyl (C=O) groups excluding carboxylic acids is 1. The molecule has 0 saturated carbocycles. The molecule has 0 radical (unpaired) electrons. The summed E-state index contributed by atoms with van der Waals surface area (Å²) in [6, 6.07) is 15.7. The van der Waals surface area contributed by atoms with Crippen LogP contribution in [0.2, 0.25) is 0 Å². The molecule has 1 N–H and O–H groups in total. The van der Waals surface area contributed by atoms with Gasteiger partial charge >= 0.3 is 6.03 Å². The third-order valence-electron chi connectivity index (χ3n) is 6.17. The molecular formula is C26H27FN6O2. The number of carbonyl (C=O) groups is 1. The average Bonchev–Trinajstić information content (AvgIpc) is 3.22. The van der Waals surface area contributed by atoms with E-state index in [-0.39, 0.29) is 11.8 Å². The van der Waals surface area contributed by atoms with Gasteiger partial charge in [-0.1, -0.05) is 12.1 Å². The van der Waals surface area contributed by atoms with Gasteiger partial charge in [-0.3, -0.25) is 9.47 Å². The van der Waals surface area contributed by atoms with Crippen molar-refractivity contribution < 1.29 is 13.9 Å². The normalized spacial score (nSPS) is 14.3. The van der Waals surface area contributed by atoms with Gasteiger partial charge < -0.3 is 15.0 Å². The molecule has 2 amide bonds. The van der Waals surface area contributed by atoms with Crippen molar-refractivity contribution in [1.82, 2.24) is 24.3 Å². The molecule has 5 rings (SSSR count). The number of methoxy groups -OCH3 is 1. The molecule has 4 aromatic rings. The Balaban J connectivity index is 1.29. The first-order chi connectivity index (χ1) is 17.0. The molecule has 3 heterocycles. The predicted octanol–water partition coefficient (Wildman–Crippen LogP) is 4.23. The highest BCUT2D eigenvalue weighted by molar-refractivity contribution is 5.91. The molecule has 1 aliphatic rings. The summed E-state index contributed by atoms with van der Waals surface area (Å²) in [7, 11) is 1.59. The number of anilines is 1. The maximum absolute atomic E-state index is 14.0. The van der Waals surface area contributed by atoms with Gasteiger partial charge in [-0.15, -0.1) is 0 Å². The Morgan fingerprint density at radius 3 is 2.69 bits per heavy atom. The zero-order chi connectivity index (χ0) is 24.4. The number of benzene rings is 2. The first kappa shape index (κ1) is 22.8. The number of aryl methyl sites for hydroxylation is 1. The number of hydrogen-bond donors (Lipinski definition) is 1. The summed E-state index contributed by atoms with van der Waals surface area (Å²) < 4.78 is 21.3. The minimum Gasteiger partial charge on any atom is -0.495 e. The lowest BCUT2D eigenvalue weighted by atomic mass is 10.2. The minimum absolute atomic E-state index is 0.148. The number of nitrogens with one attached hydrogen (secondary N) is 1. The highest BCUT2D eigenvalue weighted by Crippen LogP contribution is 2.26. The molecule has 1 fully saturated rings. The average molecular weight is 475 g/mol. The van der Waals surface area contributed by atoms with E-state index in [1.165, 1.54) is 12.1 Å². The van der Waals surface area contributed by atoms with Crippen molar-refractivity contribution in [3.63, 3.8) is 0 Å². The van der Waals surface area contributed by atoms with Crippen LogP contribution in [0.5, 0.6) is 5.75 Å². The van der Waals surface area contributed by atoms with Gasteiger partial charge in [0.25, 0.3) is 0 Å². The van der Waals surface area contributed by atoms with Crippen molar-refractivity contribution in [3.05, 3.63) is 78.0 Å². The third-order valence-corrected chi connectivity index (χ3v) is 6.17. The number of amides is 2. The molecule has 180 valence electrons. The largest absolute Gasteiger partial charge is 0.495 e. The van der Waals surface area contributed by atoms with E-state index < -0.39 is 0 Å². The van der Waals surface area contributed by atoms with E-state index in [1.54, 1.807) is 24.3 Å². The summed E-state index contributed by atoms with van der Waals surface area (Å²) in [6.45, 7) is 5.09. The maximum atomic E-state index is 14.0. The van der Waals surface area contributed by atoms with Crippen molar-refractivity contribution in [3.8, 4) is 11.4 Å². The number of aromatic nitrogens is 3. The fraction of sp³-hybridized carbons (Fsp3) is 0.269. The predicted molar refractivity (Wildman–Crippen MR) is 132 cm³/mol. The highest BCUT2D eigenvalue weighted by Gasteiger charge is 2.24. The SMILES string of the molecule is COc1ccc(C)cc1NC(=O)N1CCN(Cc2nc3cccnc3n2-c2cccc(F)c2)CC1. The second-order valence-corrected chi connectivity index (χ2v) is 8.59. The molecule has 1 saturated heterocycles. The molecule has 0 unspecified atom stereocenters. The molecule has 0 aliphatic carbocycles.